The summed E-state index contributed by atoms with van der Waals surface area (Å²) in [4.78, 5) is 11.7. The molecule has 0 aromatic heterocycles. The smallest absolute Gasteiger partial charge is 0.139 e. The minimum Gasteiger partial charge on any atom is -0.299 e. The summed E-state index contributed by atoms with van der Waals surface area (Å²) < 4.78 is 0. The van der Waals surface area contributed by atoms with Gasteiger partial charge >= 0.3 is 0 Å². The number of hydrogen-bond acceptors (Lipinski definition) is 1. The maximum atomic E-state index is 11.7. The fraction of sp³-hybridized carbons (Fsp3) is 0.562. The molecular formula is C16H22O. The number of hydrogen-bond donors (Lipinski definition) is 0. The van der Waals surface area contributed by atoms with Crippen molar-refractivity contribution in [3.8, 4) is 11.8 Å². The number of allylic oxidation sites excluding steroid dienone is 4. The second-order valence-corrected chi connectivity index (χ2v) is 5.21. The first-order chi connectivity index (χ1) is 7.99. The molecule has 0 spiro atoms. The highest BCUT2D eigenvalue weighted by Gasteiger charge is 2.11. The fourth-order valence-corrected chi connectivity index (χ4v) is 1.63. The molecule has 0 saturated carbocycles. The summed E-state index contributed by atoms with van der Waals surface area (Å²) in [6, 6.07) is 0. The number of carbonyl (C=O) groups is 1. The zero-order valence-electron chi connectivity index (χ0n) is 11.3. The molecule has 0 aromatic carbocycles. The first-order valence-corrected chi connectivity index (χ1v) is 6.43. The van der Waals surface area contributed by atoms with Crippen molar-refractivity contribution in [3.63, 3.8) is 0 Å². The topological polar surface area (TPSA) is 17.1 Å². The lowest BCUT2D eigenvalue weighted by Gasteiger charge is -2.11. The van der Waals surface area contributed by atoms with Gasteiger partial charge in [0.05, 0.1) is 0 Å². The highest BCUT2D eigenvalue weighted by atomic mass is 16.1. The van der Waals surface area contributed by atoms with E-state index in [1.54, 1.807) is 0 Å². The summed E-state index contributed by atoms with van der Waals surface area (Å²) in [6.45, 7) is 8.09. The van der Waals surface area contributed by atoms with E-state index in [-0.39, 0.29) is 5.92 Å². The van der Waals surface area contributed by atoms with Gasteiger partial charge in [0, 0.05) is 23.8 Å². The zero-order valence-corrected chi connectivity index (χ0v) is 11.3. The SMILES string of the molecule is CC(C)C#CC1=CC(CC(=O)C(C)C)=CCC1. The first-order valence-electron chi connectivity index (χ1n) is 6.43. The van der Waals surface area contributed by atoms with Crippen LogP contribution in [-0.2, 0) is 4.79 Å². The lowest BCUT2D eigenvalue weighted by Crippen LogP contribution is -2.08. The molecule has 17 heavy (non-hydrogen) atoms. The van der Waals surface area contributed by atoms with Crippen molar-refractivity contribution in [2.45, 2.75) is 47.0 Å². The molecule has 0 heterocycles. The van der Waals surface area contributed by atoms with Crippen LogP contribution in [-0.4, -0.2) is 5.78 Å². The van der Waals surface area contributed by atoms with Crippen molar-refractivity contribution in [3.05, 3.63) is 23.3 Å². The van der Waals surface area contributed by atoms with Crippen molar-refractivity contribution in [1.29, 1.82) is 0 Å². The van der Waals surface area contributed by atoms with Crippen molar-refractivity contribution in [2.75, 3.05) is 0 Å². The molecule has 0 aliphatic heterocycles. The zero-order chi connectivity index (χ0) is 12.8. The van der Waals surface area contributed by atoms with E-state index < -0.39 is 0 Å². The molecule has 92 valence electrons. The van der Waals surface area contributed by atoms with Crippen LogP contribution in [0, 0.1) is 23.7 Å². The Bertz CT molecular complexity index is 397. The molecule has 1 aliphatic carbocycles. The molecule has 0 amide bonds. The van der Waals surface area contributed by atoms with Crippen LogP contribution >= 0.6 is 0 Å². The van der Waals surface area contributed by atoms with Crippen LogP contribution in [0.5, 0.6) is 0 Å². The molecule has 1 nitrogen and oxygen atoms in total. The maximum Gasteiger partial charge on any atom is 0.139 e. The van der Waals surface area contributed by atoms with Gasteiger partial charge in [0.25, 0.3) is 0 Å². The second kappa shape index (κ2) is 6.45. The third kappa shape index (κ3) is 5.04. The van der Waals surface area contributed by atoms with Crippen LogP contribution in [0.4, 0.5) is 0 Å². The van der Waals surface area contributed by atoms with Crippen LogP contribution in [0.15, 0.2) is 23.3 Å². The molecule has 0 unspecified atom stereocenters. The Morgan fingerprint density at radius 2 is 2.06 bits per heavy atom. The average Bonchev–Trinajstić information content (AvgIpc) is 2.26. The van der Waals surface area contributed by atoms with E-state index in [0.717, 1.165) is 18.4 Å². The van der Waals surface area contributed by atoms with Gasteiger partial charge in [-0.1, -0.05) is 45.6 Å². The predicted octanol–water partition coefficient (Wildman–Crippen LogP) is 3.91. The predicted molar refractivity (Wildman–Crippen MR) is 72.5 cm³/mol. The Hall–Kier alpha value is -1.29. The molecule has 1 aliphatic rings. The summed E-state index contributed by atoms with van der Waals surface area (Å²) >= 11 is 0. The Labute approximate surface area is 105 Å². The lowest BCUT2D eigenvalue weighted by molar-refractivity contribution is -0.121. The van der Waals surface area contributed by atoms with Gasteiger partial charge in [0.15, 0.2) is 0 Å². The van der Waals surface area contributed by atoms with Gasteiger partial charge in [-0.25, -0.2) is 0 Å². The summed E-state index contributed by atoms with van der Waals surface area (Å²) in [7, 11) is 0. The molecule has 0 atom stereocenters. The van der Waals surface area contributed by atoms with Crippen molar-refractivity contribution in [2.24, 2.45) is 11.8 Å². The van der Waals surface area contributed by atoms with Crippen molar-refractivity contribution >= 4 is 5.78 Å². The molecule has 0 radical (unpaired) electrons. The highest BCUT2D eigenvalue weighted by Crippen LogP contribution is 2.20. The molecule has 1 heteroatoms. The first kappa shape index (κ1) is 13.8. The summed E-state index contributed by atoms with van der Waals surface area (Å²) in [6.07, 6.45) is 6.85. The van der Waals surface area contributed by atoms with Gasteiger partial charge < -0.3 is 0 Å². The fourth-order valence-electron chi connectivity index (χ4n) is 1.63. The quantitative estimate of drug-likeness (QED) is 0.672. The number of rotatable bonds is 3. The molecule has 0 saturated heterocycles. The van der Waals surface area contributed by atoms with Gasteiger partial charge in [-0.2, -0.15) is 0 Å². The van der Waals surface area contributed by atoms with Gasteiger partial charge in [-0.05, 0) is 24.5 Å². The van der Waals surface area contributed by atoms with E-state index in [2.05, 4.69) is 37.8 Å². The summed E-state index contributed by atoms with van der Waals surface area (Å²) in [5.74, 6) is 7.23. The second-order valence-electron chi connectivity index (χ2n) is 5.21. The van der Waals surface area contributed by atoms with Gasteiger partial charge in [-0.15, -0.1) is 0 Å². The number of ketones is 1. The molecule has 0 bridgehead atoms. The summed E-state index contributed by atoms with van der Waals surface area (Å²) in [5, 5.41) is 0. The third-order valence-electron chi connectivity index (χ3n) is 2.72. The monoisotopic (exact) mass is 230 g/mol. The van der Waals surface area contributed by atoms with Gasteiger partial charge in [0.1, 0.15) is 5.78 Å². The minimum atomic E-state index is 0.122. The maximum absolute atomic E-state index is 11.7. The van der Waals surface area contributed by atoms with Crippen molar-refractivity contribution < 1.29 is 4.79 Å². The van der Waals surface area contributed by atoms with E-state index in [1.165, 1.54) is 5.57 Å². The minimum absolute atomic E-state index is 0.122. The normalized spacial score (nSPS) is 15.2. The Balaban J connectivity index is 2.68. The lowest BCUT2D eigenvalue weighted by atomic mass is 9.93. The molecule has 0 fully saturated rings. The summed E-state index contributed by atoms with van der Waals surface area (Å²) in [5.41, 5.74) is 2.32. The van der Waals surface area contributed by atoms with Gasteiger partial charge in [-0.3, -0.25) is 4.79 Å². The van der Waals surface area contributed by atoms with E-state index in [4.69, 9.17) is 0 Å². The molecule has 0 aromatic rings. The van der Waals surface area contributed by atoms with Crippen molar-refractivity contribution in [1.82, 2.24) is 0 Å². The third-order valence-corrected chi connectivity index (χ3v) is 2.72. The average molecular weight is 230 g/mol. The van der Waals surface area contributed by atoms with Crippen LogP contribution in [0.1, 0.15) is 47.0 Å². The molecular weight excluding hydrogens is 208 g/mol. The largest absolute Gasteiger partial charge is 0.299 e. The van der Waals surface area contributed by atoms with E-state index >= 15 is 0 Å². The van der Waals surface area contributed by atoms with E-state index in [0.29, 0.717) is 18.1 Å². The highest BCUT2D eigenvalue weighted by molar-refractivity contribution is 5.83. The molecule has 0 N–H and O–H groups in total. The van der Waals surface area contributed by atoms with Crippen LogP contribution in [0.25, 0.3) is 0 Å². The van der Waals surface area contributed by atoms with Crippen LogP contribution in [0.3, 0.4) is 0 Å². The number of Topliss-reactive ketones (excluding diaryl/α,β-unsaturated/α-hetero) is 1. The molecule has 1 rings (SSSR count). The Kier molecular flexibility index (Phi) is 5.22. The Morgan fingerprint density at radius 1 is 1.35 bits per heavy atom. The van der Waals surface area contributed by atoms with E-state index in [1.807, 2.05) is 13.8 Å². The Morgan fingerprint density at radius 3 is 2.65 bits per heavy atom. The standard InChI is InChI=1S/C16H22O/c1-12(2)8-9-14-6-5-7-15(10-14)11-16(17)13(3)4/h7,10,12-13H,5-6,11H2,1-4H3. The van der Waals surface area contributed by atoms with E-state index in [9.17, 15) is 4.79 Å². The van der Waals surface area contributed by atoms with Crippen LogP contribution < -0.4 is 0 Å². The van der Waals surface area contributed by atoms with Crippen LogP contribution in [0.2, 0.25) is 0 Å². The number of carbonyl (C=O) groups excluding carboxylic acids is 1. The van der Waals surface area contributed by atoms with Gasteiger partial charge in [0.2, 0.25) is 0 Å².